The lowest BCUT2D eigenvalue weighted by Gasteiger charge is -2.19. The number of anilines is 2. The second-order valence-electron chi connectivity index (χ2n) is 8.03. The van der Waals surface area contributed by atoms with Crippen LogP contribution in [0.5, 0.6) is 0 Å². The van der Waals surface area contributed by atoms with Crippen molar-refractivity contribution in [1.82, 2.24) is 0 Å². The maximum absolute atomic E-state index is 6.77. The van der Waals surface area contributed by atoms with E-state index in [1.165, 1.54) is 49.4 Å². The predicted octanol–water partition coefficient (Wildman–Crippen LogP) is 6.65. The Morgan fingerprint density at radius 1 is 0.571 bits per heavy atom. The lowest BCUT2D eigenvalue weighted by Crippen LogP contribution is -1.99. The molecule has 0 fully saturated rings. The summed E-state index contributed by atoms with van der Waals surface area (Å²) in [5, 5.41) is 7.03. The van der Waals surface area contributed by atoms with E-state index in [9.17, 15) is 0 Å². The summed E-state index contributed by atoms with van der Waals surface area (Å²) in [6.07, 6.45) is 0. The van der Waals surface area contributed by atoms with Crippen LogP contribution in [-0.2, 0) is 0 Å². The van der Waals surface area contributed by atoms with Crippen molar-refractivity contribution in [2.75, 3.05) is 11.5 Å². The molecule has 0 spiro atoms. The number of nitrogen functional groups attached to an aromatic ring is 2. The first kappa shape index (κ1) is 16.9. The molecule has 138 valence electrons. The third-order valence-electron chi connectivity index (χ3n) is 6.63. The Bertz CT molecular complexity index is 1410. The van der Waals surface area contributed by atoms with E-state index < -0.39 is 0 Å². The first-order valence-electron chi connectivity index (χ1n) is 9.71. The van der Waals surface area contributed by atoms with Crippen LogP contribution in [0, 0.1) is 27.7 Å². The highest BCUT2D eigenvalue weighted by atomic mass is 14.6. The van der Waals surface area contributed by atoms with Crippen LogP contribution in [0.2, 0.25) is 0 Å². The zero-order valence-electron chi connectivity index (χ0n) is 16.8. The summed E-state index contributed by atoms with van der Waals surface area (Å²) in [6.45, 7) is 8.76. The molecule has 5 aromatic carbocycles. The van der Waals surface area contributed by atoms with Crippen LogP contribution >= 0.6 is 0 Å². The minimum Gasteiger partial charge on any atom is -0.398 e. The molecule has 0 unspecified atom stereocenters. The van der Waals surface area contributed by atoms with Gasteiger partial charge < -0.3 is 11.5 Å². The van der Waals surface area contributed by atoms with Crippen molar-refractivity contribution in [3.05, 3.63) is 70.8 Å². The predicted molar refractivity (Wildman–Crippen MR) is 123 cm³/mol. The molecule has 5 aromatic rings. The lowest BCUT2D eigenvalue weighted by atomic mass is 9.86. The van der Waals surface area contributed by atoms with Crippen molar-refractivity contribution >= 4 is 43.7 Å². The smallest absolute Gasteiger partial charge is 0.0474 e. The summed E-state index contributed by atoms with van der Waals surface area (Å²) >= 11 is 0. The van der Waals surface area contributed by atoms with E-state index in [2.05, 4.69) is 70.2 Å². The topological polar surface area (TPSA) is 52.0 Å². The van der Waals surface area contributed by atoms with Crippen LogP contribution in [0.4, 0.5) is 11.4 Å². The van der Waals surface area contributed by atoms with E-state index in [1.54, 1.807) is 0 Å². The molecular formula is C26H24N2. The second-order valence-corrected chi connectivity index (χ2v) is 8.03. The minimum absolute atomic E-state index is 0.810. The quantitative estimate of drug-likeness (QED) is 0.258. The molecule has 0 aliphatic rings. The fourth-order valence-electron chi connectivity index (χ4n) is 4.64. The number of rotatable bonds is 1. The molecule has 0 aliphatic heterocycles. The molecule has 0 heterocycles. The van der Waals surface area contributed by atoms with Gasteiger partial charge in [0.05, 0.1) is 0 Å². The molecule has 0 atom stereocenters. The number of hydrogen-bond donors (Lipinski definition) is 2. The Labute approximate surface area is 165 Å². The third kappa shape index (κ3) is 2.09. The Morgan fingerprint density at radius 3 is 2.00 bits per heavy atom. The summed E-state index contributed by atoms with van der Waals surface area (Å²) in [5.74, 6) is 0. The highest BCUT2D eigenvalue weighted by Gasteiger charge is 2.17. The van der Waals surface area contributed by atoms with Crippen molar-refractivity contribution in [3.63, 3.8) is 0 Å². The molecule has 0 saturated carbocycles. The maximum atomic E-state index is 6.77. The number of aryl methyl sites for hydroxylation is 1. The van der Waals surface area contributed by atoms with Crippen molar-refractivity contribution in [1.29, 1.82) is 0 Å². The van der Waals surface area contributed by atoms with Gasteiger partial charge in [-0.25, -0.2) is 0 Å². The van der Waals surface area contributed by atoms with Crippen molar-refractivity contribution < 1.29 is 0 Å². The Morgan fingerprint density at radius 2 is 1.21 bits per heavy atom. The molecule has 2 heteroatoms. The van der Waals surface area contributed by atoms with Gasteiger partial charge in [-0.3, -0.25) is 0 Å². The van der Waals surface area contributed by atoms with E-state index in [4.69, 9.17) is 11.5 Å². The average molecular weight is 364 g/mol. The summed E-state index contributed by atoms with van der Waals surface area (Å²) in [4.78, 5) is 0. The molecule has 0 saturated heterocycles. The van der Waals surface area contributed by atoms with Crippen LogP contribution in [0.1, 0.15) is 22.3 Å². The first-order chi connectivity index (χ1) is 13.4. The van der Waals surface area contributed by atoms with E-state index in [0.717, 1.165) is 27.7 Å². The second kappa shape index (κ2) is 5.62. The van der Waals surface area contributed by atoms with Gasteiger partial charge >= 0.3 is 0 Å². The molecule has 0 aromatic heterocycles. The molecular weight excluding hydrogens is 340 g/mol. The Hall–Kier alpha value is -3.26. The number of benzene rings is 5. The minimum atomic E-state index is 0.810. The van der Waals surface area contributed by atoms with Gasteiger partial charge in [-0.15, -0.1) is 0 Å². The first-order valence-corrected chi connectivity index (χ1v) is 9.71. The van der Waals surface area contributed by atoms with Gasteiger partial charge in [-0.2, -0.15) is 0 Å². The van der Waals surface area contributed by atoms with Gasteiger partial charge in [0.2, 0.25) is 0 Å². The molecule has 0 amide bonds. The van der Waals surface area contributed by atoms with Crippen LogP contribution in [-0.4, -0.2) is 0 Å². The molecule has 5 rings (SSSR count). The summed E-state index contributed by atoms with van der Waals surface area (Å²) in [6, 6.07) is 17.2. The van der Waals surface area contributed by atoms with Crippen molar-refractivity contribution in [2.45, 2.75) is 27.7 Å². The van der Waals surface area contributed by atoms with Gasteiger partial charge in [-0.05, 0) is 89.2 Å². The standard InChI is InChI=1S/C26H24N2/c1-13-11-21(16(4)15(3)14(13)2)22-12-18-6-8-19-23(27)10-7-17-5-9-20(26(22)28)25(18)24(17)19/h5-12H,27-28H2,1-4H3. The lowest BCUT2D eigenvalue weighted by molar-refractivity contribution is 1.22. The molecule has 0 bridgehead atoms. The van der Waals surface area contributed by atoms with Crippen molar-refractivity contribution in [2.24, 2.45) is 0 Å². The Balaban J connectivity index is 1.95. The monoisotopic (exact) mass is 364 g/mol. The molecule has 28 heavy (non-hydrogen) atoms. The molecule has 0 radical (unpaired) electrons. The molecule has 4 N–H and O–H groups in total. The van der Waals surface area contributed by atoms with E-state index in [-0.39, 0.29) is 0 Å². The normalized spacial score (nSPS) is 11.9. The highest BCUT2D eigenvalue weighted by Crippen LogP contribution is 2.44. The van der Waals surface area contributed by atoms with E-state index in [0.29, 0.717) is 0 Å². The highest BCUT2D eigenvalue weighted by molar-refractivity contribution is 6.28. The molecule has 2 nitrogen and oxygen atoms in total. The fraction of sp³-hybridized carbons (Fsp3) is 0.154. The van der Waals surface area contributed by atoms with Crippen LogP contribution in [0.25, 0.3) is 43.4 Å². The third-order valence-corrected chi connectivity index (χ3v) is 6.63. The van der Waals surface area contributed by atoms with Gasteiger partial charge in [0, 0.05) is 27.7 Å². The van der Waals surface area contributed by atoms with Crippen LogP contribution in [0.15, 0.2) is 48.5 Å². The summed E-state index contributed by atoms with van der Waals surface area (Å²) in [7, 11) is 0. The van der Waals surface area contributed by atoms with Gasteiger partial charge in [0.25, 0.3) is 0 Å². The van der Waals surface area contributed by atoms with E-state index >= 15 is 0 Å². The summed E-state index contributed by atoms with van der Waals surface area (Å²) < 4.78 is 0. The van der Waals surface area contributed by atoms with Crippen LogP contribution in [0.3, 0.4) is 0 Å². The average Bonchev–Trinajstić information content (AvgIpc) is 2.70. The largest absolute Gasteiger partial charge is 0.398 e. The van der Waals surface area contributed by atoms with Gasteiger partial charge in [-0.1, -0.05) is 36.4 Å². The molecule has 0 aliphatic carbocycles. The maximum Gasteiger partial charge on any atom is 0.0474 e. The number of hydrogen-bond acceptors (Lipinski definition) is 2. The fourth-order valence-corrected chi connectivity index (χ4v) is 4.64. The van der Waals surface area contributed by atoms with Crippen molar-refractivity contribution in [3.8, 4) is 11.1 Å². The van der Waals surface area contributed by atoms with Crippen LogP contribution < -0.4 is 11.5 Å². The van der Waals surface area contributed by atoms with E-state index in [1.807, 2.05) is 6.07 Å². The summed E-state index contributed by atoms with van der Waals surface area (Å²) in [5.41, 5.74) is 22.3. The van der Waals surface area contributed by atoms with Gasteiger partial charge in [0.1, 0.15) is 0 Å². The zero-order chi connectivity index (χ0) is 19.7. The SMILES string of the molecule is Cc1cc(-c2cc3ccc4c(N)ccc5ccc(c2N)c3c54)c(C)c(C)c1C. The number of nitrogens with two attached hydrogens (primary N) is 2. The zero-order valence-corrected chi connectivity index (χ0v) is 16.8. The van der Waals surface area contributed by atoms with Gasteiger partial charge in [0.15, 0.2) is 0 Å². The Kier molecular flexibility index (Phi) is 3.39.